The van der Waals surface area contributed by atoms with Crippen LogP contribution in [0.1, 0.15) is 33.6 Å². The van der Waals surface area contributed by atoms with Crippen LogP contribution in [0.3, 0.4) is 0 Å². The van der Waals surface area contributed by atoms with E-state index in [1.54, 1.807) is 4.90 Å². The third kappa shape index (κ3) is 2.86. The number of carbonyl (C=O) groups excluding carboxylic acids is 2. The quantitative estimate of drug-likeness (QED) is 0.713. The lowest BCUT2D eigenvalue weighted by Crippen LogP contribution is -2.49. The van der Waals surface area contributed by atoms with Crippen LogP contribution in [0.25, 0.3) is 0 Å². The number of likely N-dealkylation sites (tertiary alicyclic amines) is 1. The molecular weight excluding hydrogens is 236 g/mol. The highest BCUT2D eigenvalue weighted by Gasteiger charge is 2.45. The van der Waals surface area contributed by atoms with E-state index in [2.05, 4.69) is 5.32 Å². The van der Waals surface area contributed by atoms with Crippen LogP contribution in [0.15, 0.2) is 0 Å². The summed E-state index contributed by atoms with van der Waals surface area (Å²) in [5, 5.41) is 2.62. The molecule has 1 N–H and O–H groups in total. The molecule has 102 valence electrons. The molecule has 1 unspecified atom stereocenters. The predicted molar refractivity (Wildman–Crippen MR) is 64.3 cm³/mol. The van der Waals surface area contributed by atoms with Crippen LogP contribution in [0.2, 0.25) is 0 Å². The number of hydrogen-bond acceptors (Lipinski definition) is 4. The van der Waals surface area contributed by atoms with E-state index in [0.29, 0.717) is 26.1 Å². The Balaban J connectivity index is 1.95. The van der Waals surface area contributed by atoms with Crippen molar-refractivity contribution in [3.63, 3.8) is 0 Å². The van der Waals surface area contributed by atoms with Gasteiger partial charge in [-0.2, -0.15) is 0 Å². The molecule has 0 aromatic carbocycles. The fourth-order valence-corrected chi connectivity index (χ4v) is 2.29. The Morgan fingerprint density at radius 3 is 2.78 bits per heavy atom. The number of carbonyl (C=O) groups is 2. The number of ether oxygens (including phenoxy) is 2. The molecule has 0 aromatic heterocycles. The molecule has 0 aromatic rings. The minimum Gasteiger partial charge on any atom is -0.444 e. The van der Waals surface area contributed by atoms with Crippen molar-refractivity contribution in [1.82, 2.24) is 10.2 Å². The molecule has 0 saturated carbocycles. The van der Waals surface area contributed by atoms with E-state index >= 15 is 0 Å². The number of hydrogen-bond donors (Lipinski definition) is 1. The number of alkyl carbamates (subject to hydrolysis) is 1. The Morgan fingerprint density at radius 2 is 2.17 bits per heavy atom. The standard InChI is InChI=1S/C12H20N2O4/c1-11(2,3)18-10(16)14-7-5-12(8-14)4-6-13-9(15)17-12/h4-8H2,1-3H3,(H,13,15). The van der Waals surface area contributed by atoms with Crippen LogP contribution in [0, 0.1) is 0 Å². The third-order valence-corrected chi connectivity index (χ3v) is 3.13. The van der Waals surface area contributed by atoms with Gasteiger partial charge in [-0.25, -0.2) is 9.59 Å². The largest absolute Gasteiger partial charge is 0.444 e. The SMILES string of the molecule is CC(C)(C)OC(=O)N1CCC2(CCNC(=O)O2)C1. The van der Waals surface area contributed by atoms with Crippen LogP contribution >= 0.6 is 0 Å². The summed E-state index contributed by atoms with van der Waals surface area (Å²) in [5.41, 5.74) is -1.02. The summed E-state index contributed by atoms with van der Waals surface area (Å²) in [4.78, 5) is 24.8. The molecule has 2 amide bonds. The van der Waals surface area contributed by atoms with E-state index in [4.69, 9.17) is 9.47 Å². The summed E-state index contributed by atoms with van der Waals surface area (Å²) >= 11 is 0. The smallest absolute Gasteiger partial charge is 0.410 e. The Hall–Kier alpha value is -1.46. The van der Waals surface area contributed by atoms with Gasteiger partial charge in [0, 0.05) is 25.9 Å². The zero-order chi connectivity index (χ0) is 13.4. The van der Waals surface area contributed by atoms with E-state index in [9.17, 15) is 9.59 Å². The van der Waals surface area contributed by atoms with Crippen molar-refractivity contribution in [1.29, 1.82) is 0 Å². The topological polar surface area (TPSA) is 67.9 Å². The first-order chi connectivity index (χ1) is 8.30. The summed E-state index contributed by atoms with van der Waals surface area (Å²) < 4.78 is 10.7. The lowest BCUT2D eigenvalue weighted by molar-refractivity contribution is -0.0120. The lowest BCUT2D eigenvalue weighted by Gasteiger charge is -2.33. The third-order valence-electron chi connectivity index (χ3n) is 3.13. The Bertz CT molecular complexity index is 364. The van der Waals surface area contributed by atoms with Crippen molar-refractivity contribution in [3.05, 3.63) is 0 Å². The van der Waals surface area contributed by atoms with Crippen molar-refractivity contribution < 1.29 is 19.1 Å². The molecule has 0 radical (unpaired) electrons. The molecule has 2 heterocycles. The van der Waals surface area contributed by atoms with Gasteiger partial charge in [0.2, 0.25) is 0 Å². The van der Waals surface area contributed by atoms with E-state index in [0.717, 1.165) is 6.42 Å². The van der Waals surface area contributed by atoms with E-state index in [-0.39, 0.29) is 6.09 Å². The van der Waals surface area contributed by atoms with Crippen molar-refractivity contribution >= 4 is 12.2 Å². The first kappa shape index (κ1) is 13.0. The monoisotopic (exact) mass is 256 g/mol. The van der Waals surface area contributed by atoms with Crippen LogP contribution in [-0.2, 0) is 9.47 Å². The van der Waals surface area contributed by atoms with Gasteiger partial charge in [-0.1, -0.05) is 0 Å². The first-order valence-electron chi connectivity index (χ1n) is 6.25. The predicted octanol–water partition coefficient (Wildman–Crippen LogP) is 1.50. The second-order valence-electron chi connectivity index (χ2n) is 5.90. The van der Waals surface area contributed by atoms with Crippen LogP contribution in [0.5, 0.6) is 0 Å². The molecule has 0 bridgehead atoms. The molecule has 2 aliphatic heterocycles. The van der Waals surface area contributed by atoms with Crippen molar-refractivity contribution in [2.75, 3.05) is 19.6 Å². The zero-order valence-corrected chi connectivity index (χ0v) is 11.1. The van der Waals surface area contributed by atoms with Gasteiger partial charge in [-0.15, -0.1) is 0 Å². The molecule has 6 nitrogen and oxygen atoms in total. The van der Waals surface area contributed by atoms with Crippen molar-refractivity contribution in [2.24, 2.45) is 0 Å². The number of amides is 2. The average molecular weight is 256 g/mol. The minimum atomic E-state index is -0.515. The first-order valence-corrected chi connectivity index (χ1v) is 6.25. The van der Waals surface area contributed by atoms with Crippen LogP contribution in [0.4, 0.5) is 9.59 Å². The summed E-state index contributed by atoms with van der Waals surface area (Å²) in [6.07, 6.45) is 0.679. The maximum Gasteiger partial charge on any atom is 0.410 e. The summed E-state index contributed by atoms with van der Waals surface area (Å²) in [6.45, 7) is 7.10. The zero-order valence-electron chi connectivity index (χ0n) is 11.1. The van der Waals surface area contributed by atoms with Crippen LogP contribution < -0.4 is 5.32 Å². The van der Waals surface area contributed by atoms with Gasteiger partial charge in [-0.3, -0.25) is 0 Å². The molecule has 1 spiro atoms. The molecule has 2 saturated heterocycles. The fourth-order valence-electron chi connectivity index (χ4n) is 2.29. The highest BCUT2D eigenvalue weighted by Crippen LogP contribution is 2.31. The van der Waals surface area contributed by atoms with Crippen LogP contribution in [-0.4, -0.2) is 47.9 Å². The molecule has 6 heteroatoms. The second-order valence-corrected chi connectivity index (χ2v) is 5.90. The summed E-state index contributed by atoms with van der Waals surface area (Å²) in [5.74, 6) is 0. The van der Waals surface area contributed by atoms with Crippen molar-refractivity contribution in [3.8, 4) is 0 Å². The van der Waals surface area contributed by atoms with Gasteiger partial charge in [0.15, 0.2) is 0 Å². The molecule has 18 heavy (non-hydrogen) atoms. The lowest BCUT2D eigenvalue weighted by atomic mass is 9.97. The maximum absolute atomic E-state index is 11.9. The highest BCUT2D eigenvalue weighted by molar-refractivity contribution is 5.70. The Kier molecular flexibility index (Phi) is 3.12. The minimum absolute atomic E-state index is 0.339. The number of nitrogens with zero attached hydrogens (tertiary/aromatic N) is 1. The van der Waals surface area contributed by atoms with E-state index < -0.39 is 17.3 Å². The van der Waals surface area contributed by atoms with Gasteiger partial charge in [0.25, 0.3) is 0 Å². The molecule has 1 atom stereocenters. The Morgan fingerprint density at radius 1 is 1.44 bits per heavy atom. The maximum atomic E-state index is 11.9. The second kappa shape index (κ2) is 4.33. The average Bonchev–Trinajstić information content (AvgIpc) is 2.59. The summed E-state index contributed by atoms with van der Waals surface area (Å²) in [6, 6.07) is 0. The number of nitrogens with one attached hydrogen (secondary N) is 1. The highest BCUT2D eigenvalue weighted by atomic mass is 16.6. The van der Waals surface area contributed by atoms with Gasteiger partial charge >= 0.3 is 12.2 Å². The molecule has 2 aliphatic rings. The number of rotatable bonds is 0. The fraction of sp³-hybridized carbons (Fsp3) is 0.833. The normalized spacial score (nSPS) is 27.9. The molecule has 2 rings (SSSR count). The van der Waals surface area contributed by atoms with E-state index in [1.807, 2.05) is 20.8 Å². The molecule has 2 fully saturated rings. The van der Waals surface area contributed by atoms with Gasteiger partial charge < -0.3 is 19.7 Å². The molecular formula is C12H20N2O4. The van der Waals surface area contributed by atoms with Gasteiger partial charge in [0.1, 0.15) is 11.2 Å². The van der Waals surface area contributed by atoms with E-state index in [1.165, 1.54) is 0 Å². The molecule has 0 aliphatic carbocycles. The Labute approximate surface area is 107 Å². The van der Waals surface area contributed by atoms with Crippen molar-refractivity contribution in [2.45, 2.75) is 44.8 Å². The van der Waals surface area contributed by atoms with Gasteiger partial charge in [-0.05, 0) is 20.8 Å². The summed E-state index contributed by atoms with van der Waals surface area (Å²) in [7, 11) is 0. The van der Waals surface area contributed by atoms with Gasteiger partial charge in [0.05, 0.1) is 6.54 Å².